The van der Waals surface area contributed by atoms with Crippen LogP contribution in [-0.2, 0) is 0 Å². The number of hydrogen-bond acceptors (Lipinski definition) is 5. The van der Waals surface area contributed by atoms with Crippen molar-refractivity contribution in [2.45, 2.75) is 20.8 Å². The molecule has 1 amide bonds. The number of rotatable bonds is 7. The molecule has 2 aromatic carbocycles. The molecule has 0 radical (unpaired) electrons. The van der Waals surface area contributed by atoms with Gasteiger partial charge >= 0.3 is 0 Å². The van der Waals surface area contributed by atoms with Crippen molar-refractivity contribution < 1.29 is 4.79 Å². The highest BCUT2D eigenvalue weighted by molar-refractivity contribution is 6.03. The summed E-state index contributed by atoms with van der Waals surface area (Å²) < 4.78 is 0. The van der Waals surface area contributed by atoms with Gasteiger partial charge in [0.2, 0.25) is 0 Å². The van der Waals surface area contributed by atoms with E-state index < -0.39 is 0 Å². The number of para-hydroxylation sites is 1. The van der Waals surface area contributed by atoms with Crippen molar-refractivity contribution in [2.24, 2.45) is 0 Å². The van der Waals surface area contributed by atoms with E-state index in [1.165, 1.54) is 5.69 Å². The second kappa shape index (κ2) is 9.57. The number of carbonyl (C=O) groups excluding carboxylic acids is 1. The number of amides is 1. The highest BCUT2D eigenvalue weighted by Crippen LogP contribution is 2.25. The zero-order valence-electron chi connectivity index (χ0n) is 17.4. The van der Waals surface area contributed by atoms with Crippen LogP contribution in [0.25, 0.3) is 0 Å². The van der Waals surface area contributed by atoms with Crippen molar-refractivity contribution in [3.05, 3.63) is 77.6 Å². The highest BCUT2D eigenvalue weighted by atomic mass is 16.1. The molecule has 0 saturated heterocycles. The van der Waals surface area contributed by atoms with E-state index in [0.717, 1.165) is 30.0 Å². The van der Waals surface area contributed by atoms with Gasteiger partial charge in [-0.1, -0.05) is 12.1 Å². The Kier molecular flexibility index (Phi) is 6.66. The molecule has 0 bridgehead atoms. The number of carbonyl (C=O) groups is 1. The van der Waals surface area contributed by atoms with E-state index in [0.29, 0.717) is 11.3 Å². The molecule has 0 fully saturated rings. The SMILES string of the molecule is CCN(CC)c1ccc(Nc2ccc(C(=O)Nc3ccccc3C#N)nc2)c(C)c1. The Bertz CT molecular complexity index is 1070. The third kappa shape index (κ3) is 4.76. The zero-order chi connectivity index (χ0) is 21.5. The summed E-state index contributed by atoms with van der Waals surface area (Å²) in [4.78, 5) is 19.0. The maximum absolute atomic E-state index is 12.5. The van der Waals surface area contributed by atoms with Gasteiger partial charge in [0.05, 0.1) is 23.1 Å². The molecular weight excluding hydrogens is 374 g/mol. The fraction of sp³-hybridized carbons (Fsp3) is 0.208. The number of anilines is 4. The van der Waals surface area contributed by atoms with Gasteiger partial charge in [-0.25, -0.2) is 4.98 Å². The van der Waals surface area contributed by atoms with Crippen LogP contribution in [0.1, 0.15) is 35.5 Å². The second-order valence-electron chi connectivity index (χ2n) is 6.84. The molecule has 3 rings (SSSR count). The van der Waals surface area contributed by atoms with Crippen LogP contribution in [0, 0.1) is 18.3 Å². The average Bonchev–Trinajstić information content (AvgIpc) is 2.77. The molecule has 6 nitrogen and oxygen atoms in total. The van der Waals surface area contributed by atoms with Crippen LogP contribution in [-0.4, -0.2) is 24.0 Å². The Morgan fingerprint density at radius 2 is 1.83 bits per heavy atom. The van der Waals surface area contributed by atoms with Crippen LogP contribution in [0.3, 0.4) is 0 Å². The minimum absolute atomic E-state index is 0.280. The molecule has 1 heterocycles. The molecule has 0 spiro atoms. The second-order valence-corrected chi connectivity index (χ2v) is 6.84. The maximum Gasteiger partial charge on any atom is 0.274 e. The molecule has 0 aliphatic rings. The van der Waals surface area contributed by atoms with Crippen molar-refractivity contribution >= 4 is 28.7 Å². The number of nitriles is 1. The fourth-order valence-electron chi connectivity index (χ4n) is 3.21. The molecule has 0 aliphatic heterocycles. The van der Waals surface area contributed by atoms with Crippen molar-refractivity contribution in [1.82, 2.24) is 4.98 Å². The van der Waals surface area contributed by atoms with E-state index >= 15 is 0 Å². The van der Waals surface area contributed by atoms with Gasteiger partial charge in [-0.05, 0) is 68.8 Å². The minimum Gasteiger partial charge on any atom is -0.372 e. The third-order valence-electron chi connectivity index (χ3n) is 4.91. The first-order chi connectivity index (χ1) is 14.5. The lowest BCUT2D eigenvalue weighted by atomic mass is 10.1. The molecule has 2 N–H and O–H groups in total. The summed E-state index contributed by atoms with van der Waals surface area (Å²) in [7, 11) is 0. The van der Waals surface area contributed by atoms with E-state index in [2.05, 4.69) is 65.6 Å². The summed E-state index contributed by atoms with van der Waals surface area (Å²) in [5.74, 6) is -0.357. The standard InChI is InChI=1S/C24H25N5O/c1-4-29(5-2)20-11-13-21(17(3)14-20)27-19-10-12-23(26-16-19)24(30)28-22-9-7-6-8-18(22)15-25/h6-14,16,27H,4-5H2,1-3H3,(H,28,30). The quantitative estimate of drug-likeness (QED) is 0.577. The molecule has 3 aromatic rings. The molecule has 0 atom stereocenters. The van der Waals surface area contributed by atoms with E-state index in [4.69, 9.17) is 5.26 Å². The summed E-state index contributed by atoms with van der Waals surface area (Å²) in [5.41, 5.74) is 5.28. The van der Waals surface area contributed by atoms with Crippen LogP contribution < -0.4 is 15.5 Å². The fourth-order valence-corrected chi connectivity index (χ4v) is 3.21. The predicted molar refractivity (Wildman–Crippen MR) is 121 cm³/mol. The number of aromatic nitrogens is 1. The van der Waals surface area contributed by atoms with Gasteiger partial charge in [0, 0.05) is 24.5 Å². The van der Waals surface area contributed by atoms with Crippen LogP contribution in [0.15, 0.2) is 60.8 Å². The Hall–Kier alpha value is -3.85. The lowest BCUT2D eigenvalue weighted by Crippen LogP contribution is -2.21. The summed E-state index contributed by atoms with van der Waals surface area (Å²) in [6.07, 6.45) is 1.63. The van der Waals surface area contributed by atoms with E-state index in [9.17, 15) is 4.79 Å². The van der Waals surface area contributed by atoms with Crippen molar-refractivity contribution in [3.8, 4) is 6.07 Å². The molecule has 6 heteroatoms. The lowest BCUT2D eigenvalue weighted by molar-refractivity contribution is 0.102. The average molecular weight is 399 g/mol. The molecule has 152 valence electrons. The van der Waals surface area contributed by atoms with Gasteiger partial charge in [0.15, 0.2) is 0 Å². The Morgan fingerprint density at radius 3 is 2.47 bits per heavy atom. The first-order valence-corrected chi connectivity index (χ1v) is 9.94. The minimum atomic E-state index is -0.357. The van der Waals surface area contributed by atoms with E-state index in [-0.39, 0.29) is 11.6 Å². The molecule has 0 saturated carbocycles. The zero-order valence-corrected chi connectivity index (χ0v) is 17.4. The Balaban J connectivity index is 1.70. The number of pyridine rings is 1. The van der Waals surface area contributed by atoms with Gasteiger partial charge in [0.25, 0.3) is 5.91 Å². The molecule has 0 aliphatic carbocycles. The van der Waals surface area contributed by atoms with Gasteiger partial charge in [-0.3, -0.25) is 4.79 Å². The number of hydrogen-bond donors (Lipinski definition) is 2. The normalized spacial score (nSPS) is 10.2. The van der Waals surface area contributed by atoms with Gasteiger partial charge in [-0.2, -0.15) is 5.26 Å². The monoisotopic (exact) mass is 399 g/mol. The molecule has 0 unspecified atom stereocenters. The Morgan fingerprint density at radius 1 is 1.07 bits per heavy atom. The van der Waals surface area contributed by atoms with Crippen LogP contribution in [0.4, 0.5) is 22.7 Å². The topological polar surface area (TPSA) is 81.0 Å². The highest BCUT2D eigenvalue weighted by Gasteiger charge is 2.11. The number of aryl methyl sites for hydroxylation is 1. The first kappa shape index (κ1) is 20.9. The molecule has 30 heavy (non-hydrogen) atoms. The largest absolute Gasteiger partial charge is 0.372 e. The summed E-state index contributed by atoms with van der Waals surface area (Å²) in [6, 6.07) is 18.7. The maximum atomic E-state index is 12.5. The summed E-state index contributed by atoms with van der Waals surface area (Å²) in [6.45, 7) is 8.29. The van der Waals surface area contributed by atoms with E-state index in [1.54, 1.807) is 36.5 Å². The first-order valence-electron chi connectivity index (χ1n) is 9.94. The van der Waals surface area contributed by atoms with Gasteiger partial charge in [-0.15, -0.1) is 0 Å². The van der Waals surface area contributed by atoms with Crippen LogP contribution >= 0.6 is 0 Å². The molecule has 1 aromatic heterocycles. The number of nitrogens with zero attached hydrogens (tertiary/aromatic N) is 3. The van der Waals surface area contributed by atoms with Crippen LogP contribution in [0.5, 0.6) is 0 Å². The predicted octanol–water partition coefficient (Wildman–Crippen LogP) is 5.10. The Labute approximate surface area is 177 Å². The number of benzene rings is 2. The van der Waals surface area contributed by atoms with Gasteiger partial charge in [0.1, 0.15) is 11.8 Å². The van der Waals surface area contributed by atoms with Crippen molar-refractivity contribution in [1.29, 1.82) is 5.26 Å². The van der Waals surface area contributed by atoms with E-state index in [1.807, 2.05) is 6.07 Å². The van der Waals surface area contributed by atoms with Crippen LogP contribution in [0.2, 0.25) is 0 Å². The lowest BCUT2D eigenvalue weighted by Gasteiger charge is -2.22. The van der Waals surface area contributed by atoms with Gasteiger partial charge < -0.3 is 15.5 Å². The van der Waals surface area contributed by atoms with Crippen molar-refractivity contribution in [2.75, 3.05) is 28.6 Å². The molecular formula is C24H25N5O. The third-order valence-corrected chi connectivity index (χ3v) is 4.91. The number of nitrogens with one attached hydrogen (secondary N) is 2. The summed E-state index contributed by atoms with van der Waals surface area (Å²) >= 11 is 0. The summed E-state index contributed by atoms with van der Waals surface area (Å²) in [5, 5.41) is 15.2. The smallest absolute Gasteiger partial charge is 0.274 e. The van der Waals surface area contributed by atoms with Crippen molar-refractivity contribution in [3.63, 3.8) is 0 Å².